The summed E-state index contributed by atoms with van der Waals surface area (Å²) in [5, 5.41) is 14.0. The minimum Gasteiger partial charge on any atom is -0.478 e. The first-order chi connectivity index (χ1) is 8.46. The first-order valence-electron chi connectivity index (χ1n) is 5.23. The average Bonchev–Trinajstić information content (AvgIpc) is 2.32. The Morgan fingerprint density at radius 1 is 1.50 bits per heavy atom. The maximum atomic E-state index is 12.8. The van der Waals surface area contributed by atoms with Crippen molar-refractivity contribution < 1.29 is 18.7 Å². The number of carbonyl (C=O) groups is 1. The van der Waals surface area contributed by atoms with E-state index in [0.717, 1.165) is 0 Å². The molecule has 1 aromatic rings. The van der Waals surface area contributed by atoms with E-state index in [0.29, 0.717) is 5.69 Å². The fourth-order valence-corrected chi connectivity index (χ4v) is 1.47. The van der Waals surface area contributed by atoms with Crippen molar-refractivity contribution in [3.8, 4) is 0 Å². The summed E-state index contributed by atoms with van der Waals surface area (Å²) >= 11 is 0. The third kappa shape index (κ3) is 2.93. The zero-order valence-corrected chi connectivity index (χ0v) is 9.28. The molecule has 0 saturated carbocycles. The predicted octanol–water partition coefficient (Wildman–Crippen LogP) is 1.39. The number of aromatic carboxylic acids is 1. The van der Waals surface area contributed by atoms with Crippen molar-refractivity contribution in [3.05, 3.63) is 29.8 Å². The number of carboxylic acids is 1. The Morgan fingerprint density at radius 3 is 2.89 bits per heavy atom. The summed E-state index contributed by atoms with van der Waals surface area (Å²) in [7, 11) is 0. The molecule has 0 unspecified atom stereocenters. The topological polar surface area (TPSA) is 73.7 Å². The Hall–Kier alpha value is -2.18. The van der Waals surface area contributed by atoms with Crippen LogP contribution in [0.3, 0.4) is 0 Å². The molecule has 3 N–H and O–H groups in total. The fraction of sp³-hybridized carbons (Fsp3) is 0.273. The molecule has 0 radical (unpaired) electrons. The van der Waals surface area contributed by atoms with E-state index in [9.17, 15) is 13.6 Å². The first-order valence-corrected chi connectivity index (χ1v) is 5.23. The summed E-state index contributed by atoms with van der Waals surface area (Å²) in [5.41, 5.74) is 0.591. The number of nitrogens with zero attached hydrogens (tertiary/aromatic N) is 1. The lowest BCUT2D eigenvalue weighted by atomic mass is 10.2. The molecule has 0 aliphatic carbocycles. The van der Waals surface area contributed by atoms with Crippen LogP contribution in [-0.4, -0.2) is 36.0 Å². The Balaban J connectivity index is 2.08. The van der Waals surface area contributed by atoms with Crippen molar-refractivity contribution in [1.29, 1.82) is 0 Å². The number of benzene rings is 1. The number of anilines is 1. The monoisotopic (exact) mass is 255 g/mol. The summed E-state index contributed by atoms with van der Waals surface area (Å²) in [4.78, 5) is 14.4. The summed E-state index contributed by atoms with van der Waals surface area (Å²) in [5.74, 6) is -3.68. The van der Waals surface area contributed by atoms with E-state index in [1.165, 1.54) is 12.1 Å². The van der Waals surface area contributed by atoms with Gasteiger partial charge in [0, 0.05) is 5.69 Å². The van der Waals surface area contributed by atoms with Crippen LogP contribution in [0.2, 0.25) is 0 Å². The van der Waals surface area contributed by atoms with Crippen LogP contribution in [0, 0.1) is 0 Å². The highest BCUT2D eigenvalue weighted by molar-refractivity contribution is 5.96. The van der Waals surface area contributed by atoms with E-state index >= 15 is 0 Å². The Bertz CT molecular complexity index is 503. The second-order valence-corrected chi connectivity index (χ2v) is 3.89. The van der Waals surface area contributed by atoms with E-state index in [1.54, 1.807) is 12.1 Å². The second kappa shape index (κ2) is 4.59. The van der Waals surface area contributed by atoms with Crippen molar-refractivity contribution in [3.63, 3.8) is 0 Å². The summed E-state index contributed by atoms with van der Waals surface area (Å²) < 4.78 is 25.6. The molecule has 96 valence electrons. The van der Waals surface area contributed by atoms with Crippen LogP contribution in [0.5, 0.6) is 0 Å². The van der Waals surface area contributed by atoms with Crippen molar-refractivity contribution in [2.45, 2.75) is 5.92 Å². The van der Waals surface area contributed by atoms with Gasteiger partial charge < -0.3 is 15.7 Å². The van der Waals surface area contributed by atoms with Gasteiger partial charge in [0.1, 0.15) is 6.54 Å². The smallest absolute Gasteiger partial charge is 0.335 e. The van der Waals surface area contributed by atoms with Gasteiger partial charge in [0.25, 0.3) is 5.92 Å². The van der Waals surface area contributed by atoms with Gasteiger partial charge >= 0.3 is 5.97 Å². The standard InChI is InChI=1S/C11H11F2N3O2/c12-11(13)5-14-10(15-6-11)16-8-3-1-2-7(4-8)9(17)18/h1-4H,5-6H2,(H,17,18)(H2,14,15,16). The molecule has 1 aromatic carbocycles. The molecule has 0 fully saturated rings. The number of rotatable bonds is 2. The van der Waals surface area contributed by atoms with Crippen molar-refractivity contribution in [1.82, 2.24) is 5.32 Å². The fourth-order valence-electron chi connectivity index (χ4n) is 1.47. The molecule has 0 bridgehead atoms. The maximum Gasteiger partial charge on any atom is 0.335 e. The van der Waals surface area contributed by atoms with Gasteiger partial charge in [-0.15, -0.1) is 0 Å². The van der Waals surface area contributed by atoms with Crippen molar-refractivity contribution >= 4 is 17.6 Å². The number of hydrogen-bond acceptors (Lipinski definition) is 4. The number of nitrogens with one attached hydrogen (secondary N) is 2. The third-order valence-electron chi connectivity index (χ3n) is 2.36. The molecule has 0 amide bonds. The first kappa shape index (κ1) is 12.3. The van der Waals surface area contributed by atoms with Gasteiger partial charge in [0.05, 0.1) is 12.1 Å². The van der Waals surface area contributed by atoms with Crippen molar-refractivity contribution in [2.24, 2.45) is 4.99 Å². The molecule has 1 heterocycles. The number of hydrogen-bond donors (Lipinski definition) is 3. The highest BCUT2D eigenvalue weighted by Gasteiger charge is 2.32. The molecule has 0 atom stereocenters. The molecule has 5 nitrogen and oxygen atoms in total. The summed E-state index contributed by atoms with van der Waals surface area (Å²) in [6.45, 7) is -1.07. The average molecular weight is 255 g/mol. The maximum absolute atomic E-state index is 12.8. The quantitative estimate of drug-likeness (QED) is 0.746. The Morgan fingerprint density at radius 2 is 2.28 bits per heavy atom. The van der Waals surface area contributed by atoms with Crippen LogP contribution in [0.25, 0.3) is 0 Å². The van der Waals surface area contributed by atoms with Gasteiger partial charge in [-0.2, -0.15) is 0 Å². The van der Waals surface area contributed by atoms with Gasteiger partial charge in [0.2, 0.25) is 0 Å². The predicted molar refractivity (Wildman–Crippen MR) is 62.3 cm³/mol. The largest absolute Gasteiger partial charge is 0.478 e. The molecule has 1 aliphatic rings. The zero-order valence-electron chi connectivity index (χ0n) is 9.28. The number of alkyl halides is 2. The Kier molecular flexibility index (Phi) is 3.14. The molecule has 18 heavy (non-hydrogen) atoms. The van der Waals surface area contributed by atoms with E-state index in [-0.39, 0.29) is 11.5 Å². The molecule has 0 spiro atoms. The SMILES string of the molecule is O=C(O)c1cccc(NC2=NCC(F)(F)CN2)c1. The van der Waals surface area contributed by atoms with Gasteiger partial charge in [-0.25, -0.2) is 18.6 Å². The molecule has 2 rings (SSSR count). The van der Waals surface area contributed by atoms with Crippen LogP contribution in [0.4, 0.5) is 14.5 Å². The minimum atomic E-state index is -2.84. The lowest BCUT2D eigenvalue weighted by molar-refractivity contribution is 0.0125. The molecule has 7 heteroatoms. The number of carboxylic acid groups (broad SMARTS) is 1. The Labute approximate surface area is 102 Å². The highest BCUT2D eigenvalue weighted by atomic mass is 19.3. The summed E-state index contributed by atoms with van der Waals surface area (Å²) in [6, 6.07) is 6.03. The normalized spacial score (nSPS) is 17.6. The lowest BCUT2D eigenvalue weighted by Crippen LogP contribution is -2.46. The van der Waals surface area contributed by atoms with Crippen LogP contribution < -0.4 is 10.6 Å². The molecule has 0 aromatic heterocycles. The van der Waals surface area contributed by atoms with Gasteiger partial charge in [-0.05, 0) is 18.2 Å². The number of aliphatic imine (C=N–C) groups is 1. The minimum absolute atomic E-state index is 0.113. The van der Waals surface area contributed by atoms with Gasteiger partial charge in [-0.1, -0.05) is 6.07 Å². The summed E-state index contributed by atoms with van der Waals surface area (Å²) in [6.07, 6.45) is 0. The van der Waals surface area contributed by atoms with Crippen LogP contribution in [0.1, 0.15) is 10.4 Å². The molecule has 1 aliphatic heterocycles. The van der Waals surface area contributed by atoms with Crippen LogP contribution in [0.15, 0.2) is 29.3 Å². The lowest BCUT2D eigenvalue weighted by Gasteiger charge is -2.23. The van der Waals surface area contributed by atoms with Crippen molar-refractivity contribution in [2.75, 3.05) is 18.4 Å². The van der Waals surface area contributed by atoms with E-state index in [1.807, 2.05) is 0 Å². The second-order valence-electron chi connectivity index (χ2n) is 3.89. The van der Waals surface area contributed by atoms with Crippen LogP contribution in [-0.2, 0) is 0 Å². The molecular formula is C11H11F2N3O2. The molecule has 0 saturated heterocycles. The number of guanidine groups is 1. The number of halogens is 2. The zero-order chi connectivity index (χ0) is 13.2. The molecular weight excluding hydrogens is 244 g/mol. The highest BCUT2D eigenvalue weighted by Crippen LogP contribution is 2.16. The van der Waals surface area contributed by atoms with E-state index in [4.69, 9.17) is 5.11 Å². The van der Waals surface area contributed by atoms with E-state index in [2.05, 4.69) is 15.6 Å². The van der Waals surface area contributed by atoms with Crippen LogP contribution >= 0.6 is 0 Å². The van der Waals surface area contributed by atoms with Gasteiger partial charge in [-0.3, -0.25) is 0 Å². The third-order valence-corrected chi connectivity index (χ3v) is 2.36. The van der Waals surface area contributed by atoms with E-state index < -0.39 is 25.0 Å². The van der Waals surface area contributed by atoms with Gasteiger partial charge in [0.15, 0.2) is 5.96 Å².